The first-order chi connectivity index (χ1) is 13.2. The third kappa shape index (κ3) is 3.18. The smallest absolute Gasteiger partial charge is 0.258 e. The predicted octanol–water partition coefficient (Wildman–Crippen LogP) is 3.56. The van der Waals surface area contributed by atoms with Gasteiger partial charge in [0.1, 0.15) is 11.6 Å². The van der Waals surface area contributed by atoms with Crippen molar-refractivity contribution in [1.29, 1.82) is 0 Å². The average molecular weight is 362 g/mol. The maximum Gasteiger partial charge on any atom is 0.258 e. The Bertz CT molecular complexity index is 952. The number of rotatable bonds is 4. The van der Waals surface area contributed by atoms with Gasteiger partial charge in [-0.25, -0.2) is 9.67 Å². The van der Waals surface area contributed by atoms with Crippen LogP contribution in [0, 0.1) is 0 Å². The van der Waals surface area contributed by atoms with Crippen LogP contribution in [0.3, 0.4) is 0 Å². The van der Waals surface area contributed by atoms with Crippen molar-refractivity contribution in [2.24, 2.45) is 0 Å². The lowest BCUT2D eigenvalue weighted by atomic mass is 10.1. The maximum atomic E-state index is 13.2. The molecular formula is C21H22N4O2. The predicted molar refractivity (Wildman–Crippen MR) is 103 cm³/mol. The molecule has 1 aliphatic heterocycles. The van der Waals surface area contributed by atoms with Crippen molar-refractivity contribution < 1.29 is 9.53 Å². The van der Waals surface area contributed by atoms with E-state index < -0.39 is 0 Å². The van der Waals surface area contributed by atoms with Crippen LogP contribution in [0.25, 0.3) is 11.4 Å². The molecule has 0 fully saturated rings. The largest absolute Gasteiger partial charge is 0.493 e. The maximum absolute atomic E-state index is 13.2. The van der Waals surface area contributed by atoms with Crippen molar-refractivity contribution in [3.05, 3.63) is 66.0 Å². The molecule has 138 valence electrons. The van der Waals surface area contributed by atoms with Gasteiger partial charge in [-0.15, -0.1) is 0 Å². The molecule has 0 saturated heterocycles. The number of carbonyl (C=O) groups is 1. The lowest BCUT2D eigenvalue weighted by Gasteiger charge is -2.33. The number of hydrogen-bond acceptors (Lipinski definition) is 4. The Balaban J connectivity index is 1.63. The number of benzene rings is 2. The Kier molecular flexibility index (Phi) is 4.62. The van der Waals surface area contributed by atoms with Crippen molar-refractivity contribution in [3.8, 4) is 17.1 Å². The summed E-state index contributed by atoms with van der Waals surface area (Å²) in [6.45, 7) is 5.65. The van der Waals surface area contributed by atoms with Gasteiger partial charge in [0, 0.05) is 12.1 Å². The molecule has 4 rings (SSSR count). The molecule has 0 bridgehead atoms. The van der Waals surface area contributed by atoms with E-state index in [1.807, 2.05) is 78.0 Å². The molecule has 0 N–H and O–H groups in total. The number of carbonyl (C=O) groups excluding carboxylic acids is 1. The fourth-order valence-corrected chi connectivity index (χ4v) is 3.43. The van der Waals surface area contributed by atoms with E-state index in [2.05, 4.69) is 5.10 Å². The number of hydrogen-bond donors (Lipinski definition) is 0. The molecule has 1 amide bonds. The van der Waals surface area contributed by atoms with Crippen LogP contribution in [-0.4, -0.2) is 38.7 Å². The van der Waals surface area contributed by atoms with Gasteiger partial charge in [0.05, 0.1) is 24.8 Å². The van der Waals surface area contributed by atoms with Gasteiger partial charge < -0.3 is 9.64 Å². The summed E-state index contributed by atoms with van der Waals surface area (Å²) in [6, 6.07) is 17.1. The molecule has 27 heavy (non-hydrogen) atoms. The number of fused-ring (bicyclic) bond motifs is 1. The van der Waals surface area contributed by atoms with Gasteiger partial charge in [0.25, 0.3) is 5.91 Å². The second-order valence-electron chi connectivity index (χ2n) is 6.49. The SMILES string of the molecule is CCOc1ccccc1C(=O)N1CCn2nc(-c3ccccc3)nc2[C@@H]1C. The summed E-state index contributed by atoms with van der Waals surface area (Å²) in [5.74, 6) is 2.08. The third-order valence-corrected chi connectivity index (χ3v) is 4.80. The lowest BCUT2D eigenvalue weighted by Crippen LogP contribution is -2.41. The van der Waals surface area contributed by atoms with E-state index in [-0.39, 0.29) is 11.9 Å². The Morgan fingerprint density at radius 2 is 1.85 bits per heavy atom. The second kappa shape index (κ2) is 7.23. The first kappa shape index (κ1) is 17.3. The highest BCUT2D eigenvalue weighted by molar-refractivity contribution is 5.97. The fraction of sp³-hybridized carbons (Fsp3) is 0.286. The van der Waals surface area contributed by atoms with Crippen LogP contribution >= 0.6 is 0 Å². The van der Waals surface area contributed by atoms with Gasteiger partial charge in [-0.1, -0.05) is 42.5 Å². The third-order valence-electron chi connectivity index (χ3n) is 4.80. The summed E-state index contributed by atoms with van der Waals surface area (Å²) < 4.78 is 7.54. The molecule has 1 atom stereocenters. The zero-order valence-corrected chi connectivity index (χ0v) is 15.5. The molecule has 0 unspecified atom stereocenters. The monoisotopic (exact) mass is 362 g/mol. The Hall–Kier alpha value is -3.15. The fourth-order valence-electron chi connectivity index (χ4n) is 3.43. The van der Waals surface area contributed by atoms with Gasteiger partial charge >= 0.3 is 0 Å². The molecule has 0 radical (unpaired) electrons. The highest BCUT2D eigenvalue weighted by atomic mass is 16.5. The highest BCUT2D eigenvalue weighted by Crippen LogP contribution is 2.29. The molecule has 2 heterocycles. The minimum Gasteiger partial charge on any atom is -0.493 e. The lowest BCUT2D eigenvalue weighted by molar-refractivity contribution is 0.0626. The van der Waals surface area contributed by atoms with E-state index in [1.54, 1.807) is 0 Å². The van der Waals surface area contributed by atoms with E-state index in [9.17, 15) is 4.79 Å². The van der Waals surface area contributed by atoms with Crippen molar-refractivity contribution in [2.45, 2.75) is 26.4 Å². The number of ether oxygens (including phenoxy) is 1. The van der Waals surface area contributed by atoms with E-state index >= 15 is 0 Å². The standard InChI is InChI=1S/C21H22N4O2/c1-3-27-18-12-8-7-11-17(18)21(26)24-13-14-25-20(15(24)2)22-19(23-25)16-9-5-4-6-10-16/h4-12,15H,3,13-14H2,1-2H3/t15-/m0/s1. The molecule has 6 heteroatoms. The van der Waals surface area contributed by atoms with Crippen LogP contribution < -0.4 is 4.74 Å². The van der Waals surface area contributed by atoms with Crippen LogP contribution in [0.2, 0.25) is 0 Å². The van der Waals surface area contributed by atoms with E-state index in [1.165, 1.54) is 0 Å². The zero-order valence-electron chi connectivity index (χ0n) is 15.5. The summed E-state index contributed by atoms with van der Waals surface area (Å²) in [6.07, 6.45) is 0. The van der Waals surface area contributed by atoms with E-state index in [0.29, 0.717) is 36.8 Å². The normalized spacial score (nSPS) is 16.1. The van der Waals surface area contributed by atoms with Crippen LogP contribution in [0.15, 0.2) is 54.6 Å². The summed E-state index contributed by atoms with van der Waals surface area (Å²) in [4.78, 5) is 19.7. The minimum atomic E-state index is -0.161. The molecule has 1 aromatic heterocycles. The number of nitrogens with zero attached hydrogens (tertiary/aromatic N) is 4. The number of amides is 1. The van der Waals surface area contributed by atoms with Gasteiger partial charge in [0.2, 0.25) is 0 Å². The van der Waals surface area contributed by atoms with Crippen molar-refractivity contribution >= 4 is 5.91 Å². The zero-order chi connectivity index (χ0) is 18.8. The Morgan fingerprint density at radius 3 is 2.63 bits per heavy atom. The molecule has 0 spiro atoms. The minimum absolute atomic E-state index is 0.0398. The van der Waals surface area contributed by atoms with Crippen molar-refractivity contribution in [1.82, 2.24) is 19.7 Å². The molecule has 6 nitrogen and oxygen atoms in total. The summed E-state index contributed by atoms with van der Waals surface area (Å²) in [5.41, 5.74) is 1.56. The van der Waals surface area contributed by atoms with Gasteiger partial charge in [-0.05, 0) is 26.0 Å². The Labute approximate surface area is 158 Å². The molecule has 0 aliphatic carbocycles. The first-order valence-corrected chi connectivity index (χ1v) is 9.22. The van der Waals surface area contributed by atoms with Gasteiger partial charge in [-0.3, -0.25) is 4.79 Å². The highest BCUT2D eigenvalue weighted by Gasteiger charge is 2.32. The molecule has 0 saturated carbocycles. The topological polar surface area (TPSA) is 60.2 Å². The molecule has 2 aromatic carbocycles. The van der Waals surface area contributed by atoms with Crippen molar-refractivity contribution in [3.63, 3.8) is 0 Å². The van der Waals surface area contributed by atoms with Crippen LogP contribution in [0.1, 0.15) is 36.1 Å². The van der Waals surface area contributed by atoms with Crippen LogP contribution in [0.5, 0.6) is 5.75 Å². The number of para-hydroxylation sites is 1. The summed E-state index contributed by atoms with van der Waals surface area (Å²) >= 11 is 0. The quantitative estimate of drug-likeness (QED) is 0.712. The van der Waals surface area contributed by atoms with Gasteiger partial charge in [-0.2, -0.15) is 5.10 Å². The summed E-state index contributed by atoms with van der Waals surface area (Å²) in [7, 11) is 0. The average Bonchev–Trinajstić information content (AvgIpc) is 3.15. The van der Waals surface area contributed by atoms with E-state index in [0.717, 1.165) is 11.4 Å². The molecular weight excluding hydrogens is 340 g/mol. The van der Waals surface area contributed by atoms with Crippen LogP contribution in [-0.2, 0) is 6.54 Å². The Morgan fingerprint density at radius 1 is 1.11 bits per heavy atom. The number of aromatic nitrogens is 3. The van der Waals surface area contributed by atoms with E-state index in [4.69, 9.17) is 9.72 Å². The molecule has 1 aliphatic rings. The first-order valence-electron chi connectivity index (χ1n) is 9.22. The van der Waals surface area contributed by atoms with Gasteiger partial charge in [0.15, 0.2) is 5.82 Å². The summed E-state index contributed by atoms with van der Waals surface area (Å²) in [5, 5.41) is 4.63. The molecule has 3 aromatic rings. The van der Waals surface area contributed by atoms with Crippen LogP contribution in [0.4, 0.5) is 0 Å². The van der Waals surface area contributed by atoms with Crippen molar-refractivity contribution in [2.75, 3.05) is 13.2 Å². The second-order valence-corrected chi connectivity index (χ2v) is 6.49.